The van der Waals surface area contributed by atoms with Gasteiger partial charge in [0.1, 0.15) is 17.6 Å². The van der Waals surface area contributed by atoms with Gasteiger partial charge in [-0.25, -0.2) is 4.98 Å². The molecule has 1 unspecified atom stereocenters. The molecule has 0 saturated carbocycles. The molecule has 3 rings (SSSR count). The zero-order chi connectivity index (χ0) is 17.1. The lowest BCUT2D eigenvalue weighted by atomic mass is 9.93. The van der Waals surface area contributed by atoms with Gasteiger partial charge in [0.2, 0.25) is 0 Å². The van der Waals surface area contributed by atoms with Gasteiger partial charge in [-0.3, -0.25) is 4.90 Å². The highest BCUT2D eigenvalue weighted by Crippen LogP contribution is 2.30. The third-order valence-corrected chi connectivity index (χ3v) is 5.51. The summed E-state index contributed by atoms with van der Waals surface area (Å²) in [6, 6.07) is 6.18. The number of rotatable bonds is 5. The van der Waals surface area contributed by atoms with E-state index >= 15 is 0 Å². The lowest BCUT2D eigenvalue weighted by Crippen LogP contribution is -2.32. The number of nitrogens with two attached hydrogens (primary N) is 1. The predicted octanol–water partition coefficient (Wildman–Crippen LogP) is 2.98. The lowest BCUT2D eigenvalue weighted by molar-refractivity contribution is 0.223. The molecule has 2 aromatic rings. The van der Waals surface area contributed by atoms with Crippen LogP contribution in [0.5, 0.6) is 0 Å². The first-order valence-electron chi connectivity index (χ1n) is 8.10. The summed E-state index contributed by atoms with van der Waals surface area (Å²) in [6.45, 7) is 4.66. The Bertz CT molecular complexity index is 751. The second kappa shape index (κ2) is 7.29. The van der Waals surface area contributed by atoms with E-state index in [2.05, 4.69) is 29.1 Å². The molecule has 24 heavy (non-hydrogen) atoms. The SMILES string of the molecule is CSC(C)Cc1c(C#N)c(N)nc2c1CN(Cc1ccco1)CC2. The van der Waals surface area contributed by atoms with E-state index in [0.717, 1.165) is 49.5 Å². The molecule has 0 aliphatic carbocycles. The maximum absolute atomic E-state index is 9.55. The number of hydrogen-bond acceptors (Lipinski definition) is 6. The monoisotopic (exact) mass is 342 g/mol. The third kappa shape index (κ3) is 3.42. The Hall–Kier alpha value is -1.97. The van der Waals surface area contributed by atoms with Crippen LogP contribution in [0.25, 0.3) is 0 Å². The first-order chi connectivity index (χ1) is 11.6. The number of pyridine rings is 1. The zero-order valence-corrected chi connectivity index (χ0v) is 14.9. The van der Waals surface area contributed by atoms with Crippen molar-refractivity contribution in [2.75, 3.05) is 18.5 Å². The van der Waals surface area contributed by atoms with Crippen molar-refractivity contribution >= 4 is 17.6 Å². The normalized spacial score (nSPS) is 15.7. The molecule has 0 saturated heterocycles. The molecule has 0 bridgehead atoms. The quantitative estimate of drug-likeness (QED) is 0.900. The fourth-order valence-electron chi connectivity index (χ4n) is 3.19. The Kier molecular flexibility index (Phi) is 5.12. The van der Waals surface area contributed by atoms with Gasteiger partial charge < -0.3 is 10.2 Å². The molecular weight excluding hydrogens is 320 g/mol. The van der Waals surface area contributed by atoms with Crippen molar-refractivity contribution in [1.29, 1.82) is 5.26 Å². The molecule has 1 aliphatic rings. The molecule has 5 nitrogen and oxygen atoms in total. The van der Waals surface area contributed by atoms with Crippen molar-refractivity contribution < 1.29 is 4.42 Å². The van der Waals surface area contributed by atoms with E-state index in [4.69, 9.17) is 10.2 Å². The summed E-state index contributed by atoms with van der Waals surface area (Å²) in [7, 11) is 0. The Balaban J connectivity index is 1.93. The van der Waals surface area contributed by atoms with Crippen LogP contribution >= 0.6 is 11.8 Å². The highest BCUT2D eigenvalue weighted by Gasteiger charge is 2.25. The summed E-state index contributed by atoms with van der Waals surface area (Å²) < 4.78 is 5.47. The first-order valence-corrected chi connectivity index (χ1v) is 9.39. The molecule has 6 heteroatoms. The van der Waals surface area contributed by atoms with Gasteiger partial charge in [-0.2, -0.15) is 17.0 Å². The molecule has 3 heterocycles. The standard InChI is InChI=1S/C18H22N4OS/c1-12(24-2)8-14-15(9-19)18(20)21-17-5-6-22(11-16(14)17)10-13-4-3-7-23-13/h3-4,7,12H,5-6,8,10-11H2,1-2H3,(H2,20,21). The van der Waals surface area contributed by atoms with Gasteiger partial charge >= 0.3 is 0 Å². The fraction of sp³-hybridized carbons (Fsp3) is 0.444. The Morgan fingerprint density at radius 3 is 3.04 bits per heavy atom. The molecular formula is C18H22N4OS. The lowest BCUT2D eigenvalue weighted by Gasteiger charge is -2.30. The number of nitriles is 1. The van der Waals surface area contributed by atoms with Gasteiger partial charge in [0.05, 0.1) is 18.4 Å². The van der Waals surface area contributed by atoms with Crippen molar-refractivity contribution in [3.05, 3.63) is 46.5 Å². The predicted molar refractivity (Wildman–Crippen MR) is 96.6 cm³/mol. The average molecular weight is 342 g/mol. The minimum absolute atomic E-state index is 0.374. The highest BCUT2D eigenvalue weighted by molar-refractivity contribution is 7.99. The molecule has 126 valence electrons. The van der Waals surface area contributed by atoms with Gasteiger partial charge in [0.15, 0.2) is 0 Å². The van der Waals surface area contributed by atoms with Crippen LogP contribution in [0.2, 0.25) is 0 Å². The minimum atomic E-state index is 0.374. The Morgan fingerprint density at radius 2 is 2.38 bits per heavy atom. The van der Waals surface area contributed by atoms with Gasteiger partial charge in [0.25, 0.3) is 0 Å². The van der Waals surface area contributed by atoms with Crippen LogP contribution in [0.1, 0.15) is 35.1 Å². The molecule has 1 atom stereocenters. The number of fused-ring (bicyclic) bond motifs is 1. The third-order valence-electron chi connectivity index (χ3n) is 4.54. The molecule has 0 fully saturated rings. The van der Waals surface area contributed by atoms with Crippen LogP contribution in [-0.4, -0.2) is 27.9 Å². The smallest absolute Gasteiger partial charge is 0.141 e. The van der Waals surface area contributed by atoms with Crippen molar-refractivity contribution in [2.45, 2.75) is 38.1 Å². The molecule has 0 spiro atoms. The number of aromatic nitrogens is 1. The molecule has 0 radical (unpaired) electrons. The fourth-order valence-corrected chi connectivity index (χ4v) is 3.52. The maximum atomic E-state index is 9.55. The maximum Gasteiger partial charge on any atom is 0.141 e. The summed E-state index contributed by atoms with van der Waals surface area (Å²) in [5.41, 5.74) is 9.90. The van der Waals surface area contributed by atoms with Crippen LogP contribution in [0.3, 0.4) is 0 Å². The van der Waals surface area contributed by atoms with Gasteiger partial charge in [-0.05, 0) is 35.9 Å². The van der Waals surface area contributed by atoms with Gasteiger partial charge in [-0.1, -0.05) is 6.92 Å². The van der Waals surface area contributed by atoms with Crippen LogP contribution in [0, 0.1) is 11.3 Å². The van der Waals surface area contributed by atoms with E-state index in [0.29, 0.717) is 16.6 Å². The van der Waals surface area contributed by atoms with Gasteiger partial charge in [-0.15, -0.1) is 0 Å². The van der Waals surface area contributed by atoms with Crippen LogP contribution in [0.15, 0.2) is 22.8 Å². The van der Waals surface area contributed by atoms with Crippen LogP contribution in [-0.2, 0) is 25.9 Å². The second-order valence-electron chi connectivity index (χ2n) is 6.18. The second-order valence-corrected chi connectivity index (χ2v) is 7.45. The largest absolute Gasteiger partial charge is 0.468 e. The molecule has 1 aliphatic heterocycles. The van der Waals surface area contributed by atoms with Crippen molar-refractivity contribution in [2.24, 2.45) is 0 Å². The Morgan fingerprint density at radius 1 is 1.54 bits per heavy atom. The molecule has 0 amide bonds. The minimum Gasteiger partial charge on any atom is -0.468 e. The molecule has 2 N–H and O–H groups in total. The number of thioether (sulfide) groups is 1. The van der Waals surface area contributed by atoms with E-state index < -0.39 is 0 Å². The summed E-state index contributed by atoms with van der Waals surface area (Å²) in [6.07, 6.45) is 5.49. The number of anilines is 1. The first kappa shape index (κ1) is 16.9. The number of nitrogen functional groups attached to an aromatic ring is 1. The molecule has 2 aromatic heterocycles. The molecule has 0 aromatic carbocycles. The van der Waals surface area contributed by atoms with E-state index in [1.165, 1.54) is 5.56 Å². The van der Waals surface area contributed by atoms with E-state index in [9.17, 15) is 5.26 Å². The summed E-state index contributed by atoms with van der Waals surface area (Å²) in [4.78, 5) is 6.85. The van der Waals surface area contributed by atoms with Crippen molar-refractivity contribution in [3.63, 3.8) is 0 Å². The van der Waals surface area contributed by atoms with E-state index in [1.807, 2.05) is 12.1 Å². The highest BCUT2D eigenvalue weighted by atomic mass is 32.2. The van der Waals surface area contributed by atoms with Crippen LogP contribution < -0.4 is 5.73 Å². The van der Waals surface area contributed by atoms with Crippen molar-refractivity contribution in [1.82, 2.24) is 9.88 Å². The average Bonchev–Trinajstić information content (AvgIpc) is 3.08. The number of nitrogens with zero attached hydrogens (tertiary/aromatic N) is 3. The number of furan rings is 1. The zero-order valence-electron chi connectivity index (χ0n) is 14.1. The number of hydrogen-bond donors (Lipinski definition) is 1. The summed E-state index contributed by atoms with van der Waals surface area (Å²) in [5.74, 6) is 1.33. The summed E-state index contributed by atoms with van der Waals surface area (Å²) in [5, 5.41) is 9.99. The van der Waals surface area contributed by atoms with Crippen molar-refractivity contribution in [3.8, 4) is 6.07 Å². The topological polar surface area (TPSA) is 79.1 Å². The van der Waals surface area contributed by atoms with E-state index in [1.54, 1.807) is 18.0 Å². The Labute approximate surface area is 146 Å². The van der Waals surface area contributed by atoms with Crippen LogP contribution in [0.4, 0.5) is 5.82 Å². The van der Waals surface area contributed by atoms with E-state index in [-0.39, 0.29) is 0 Å². The van der Waals surface area contributed by atoms with Gasteiger partial charge in [0, 0.05) is 30.5 Å². The summed E-state index contributed by atoms with van der Waals surface area (Å²) >= 11 is 1.80.